The summed E-state index contributed by atoms with van der Waals surface area (Å²) in [7, 11) is 0. The Morgan fingerprint density at radius 2 is 1.79 bits per heavy atom. The fourth-order valence-corrected chi connectivity index (χ4v) is 2.93. The maximum absolute atomic E-state index is 11.5. The molecule has 0 aromatic rings. The van der Waals surface area contributed by atoms with E-state index in [1.165, 1.54) is 0 Å². The third-order valence-electron chi connectivity index (χ3n) is 3.18. The monoisotopic (exact) mass is 494 g/mol. The Labute approximate surface area is 139 Å². The fraction of sp³-hybridized carbons (Fsp3) is 0.750. The highest BCUT2D eigenvalue weighted by Gasteiger charge is 2.35. The molecule has 0 aliphatic heterocycles. The highest BCUT2D eigenvalue weighted by Crippen LogP contribution is 2.33. The topological polar surface area (TPSA) is 80.7 Å². The van der Waals surface area contributed by atoms with E-state index in [4.69, 9.17) is 9.84 Å². The molecule has 0 amide bonds. The minimum atomic E-state index is -0.873. The number of carboxylic acids is 1. The van der Waals surface area contributed by atoms with Crippen molar-refractivity contribution in [2.45, 2.75) is 31.8 Å². The van der Waals surface area contributed by atoms with Crippen LogP contribution in [0.2, 0.25) is 0 Å². The predicted octanol–water partition coefficient (Wildman–Crippen LogP) is 2.23. The summed E-state index contributed by atoms with van der Waals surface area (Å²) in [5, 5.41) is 9.13. The number of carbonyl (C=O) groups excluding carboxylic acids is 2. The lowest BCUT2D eigenvalue weighted by Crippen LogP contribution is -2.35. The molecule has 0 saturated heterocycles. The summed E-state index contributed by atoms with van der Waals surface area (Å²) in [6.07, 6.45) is 1.45. The molecule has 1 fully saturated rings. The Kier molecular flexibility index (Phi) is 7.55. The molecule has 0 aromatic heterocycles. The molecule has 1 aliphatic rings. The summed E-state index contributed by atoms with van der Waals surface area (Å²) in [5.41, 5.74) is 0. The van der Waals surface area contributed by atoms with Crippen LogP contribution in [0.25, 0.3) is 0 Å². The summed E-state index contributed by atoms with van der Waals surface area (Å²) in [5.74, 6) is -1.59. The number of alkyl halides is 2. The first-order chi connectivity index (χ1) is 8.96. The molecule has 1 saturated carbocycles. The lowest BCUT2D eigenvalue weighted by Gasteiger charge is -2.32. The number of Topliss-reactive ketones (excluding diaryl/α,β-unsaturated/α-hetero) is 1. The Balaban J connectivity index is 2.64. The van der Waals surface area contributed by atoms with E-state index in [1.807, 2.05) is 45.2 Å². The lowest BCUT2D eigenvalue weighted by molar-refractivity contribution is -0.155. The first kappa shape index (κ1) is 17.1. The van der Waals surface area contributed by atoms with Crippen molar-refractivity contribution in [3.05, 3.63) is 0 Å². The second-order valence-electron chi connectivity index (χ2n) is 4.73. The van der Waals surface area contributed by atoms with Gasteiger partial charge < -0.3 is 9.84 Å². The molecule has 3 atom stereocenters. The van der Waals surface area contributed by atoms with Crippen molar-refractivity contribution >= 4 is 62.9 Å². The first-order valence-corrected chi connectivity index (χ1v) is 9.07. The van der Waals surface area contributed by atoms with Crippen molar-refractivity contribution < 1.29 is 24.2 Å². The molecule has 1 aliphatic carbocycles. The van der Waals surface area contributed by atoms with Gasteiger partial charge in [-0.15, -0.1) is 0 Å². The molecule has 7 heteroatoms. The maximum Gasteiger partial charge on any atom is 0.316 e. The number of aliphatic carboxylic acids is 1. The van der Waals surface area contributed by atoms with Gasteiger partial charge in [0.2, 0.25) is 0 Å². The van der Waals surface area contributed by atoms with E-state index in [1.54, 1.807) is 0 Å². The minimum Gasteiger partial charge on any atom is -0.481 e. The van der Waals surface area contributed by atoms with Crippen molar-refractivity contribution in [1.82, 2.24) is 0 Å². The molecule has 0 aromatic carbocycles. The normalized spacial score (nSPS) is 26.7. The number of rotatable bonds is 6. The molecule has 5 nitrogen and oxygen atoms in total. The number of hydrogen-bond acceptors (Lipinski definition) is 4. The summed E-state index contributed by atoms with van der Waals surface area (Å²) < 4.78 is 5.93. The van der Waals surface area contributed by atoms with E-state index in [9.17, 15) is 14.4 Å². The van der Waals surface area contributed by atoms with Crippen LogP contribution in [-0.4, -0.2) is 37.8 Å². The highest BCUT2D eigenvalue weighted by atomic mass is 127. The highest BCUT2D eigenvalue weighted by molar-refractivity contribution is 14.1. The quantitative estimate of drug-likeness (QED) is 0.348. The van der Waals surface area contributed by atoms with E-state index >= 15 is 0 Å². The van der Waals surface area contributed by atoms with Crippen LogP contribution < -0.4 is 0 Å². The zero-order valence-corrected chi connectivity index (χ0v) is 14.6. The maximum atomic E-state index is 11.5. The molecule has 108 valence electrons. The number of esters is 1. The summed E-state index contributed by atoms with van der Waals surface area (Å²) in [4.78, 5) is 33.9. The number of halogens is 2. The van der Waals surface area contributed by atoms with Crippen molar-refractivity contribution in [3.63, 3.8) is 0 Å². The molecule has 3 unspecified atom stereocenters. The molecule has 1 N–H and O–H groups in total. The van der Waals surface area contributed by atoms with Crippen LogP contribution in [0.1, 0.15) is 25.7 Å². The van der Waals surface area contributed by atoms with Gasteiger partial charge in [0.05, 0.1) is 14.8 Å². The lowest BCUT2D eigenvalue weighted by atomic mass is 9.77. The molecule has 1 rings (SSSR count). The number of ether oxygens (including phenoxy) is 1. The Bertz CT molecular complexity index is 332. The fourth-order valence-electron chi connectivity index (χ4n) is 2.44. The zero-order valence-electron chi connectivity index (χ0n) is 10.3. The Morgan fingerprint density at radius 1 is 1.11 bits per heavy atom. The van der Waals surface area contributed by atoms with Gasteiger partial charge in [-0.25, -0.2) is 0 Å². The summed E-state index contributed by atoms with van der Waals surface area (Å²) in [6, 6.07) is 0. The minimum absolute atomic E-state index is 0.00382. The first-order valence-electron chi connectivity index (χ1n) is 6.02. The molecule has 0 heterocycles. The molecule has 19 heavy (non-hydrogen) atoms. The van der Waals surface area contributed by atoms with Gasteiger partial charge in [0, 0.05) is 6.42 Å². The van der Waals surface area contributed by atoms with Gasteiger partial charge in [0.1, 0.15) is 11.9 Å². The molecule has 0 spiro atoms. The van der Waals surface area contributed by atoms with Crippen LogP contribution in [0.3, 0.4) is 0 Å². The third-order valence-corrected chi connectivity index (χ3v) is 4.66. The largest absolute Gasteiger partial charge is 0.481 e. The van der Waals surface area contributed by atoms with E-state index in [0.29, 0.717) is 30.1 Å². The standard InChI is InChI=1S/C12H16I2O5/c13-5-9(15)2-7-1-8(12(17)18)4-10(3-7)19-11(16)6-14/h7-8,10H,1-6H2,(H,17,18). The average molecular weight is 494 g/mol. The third kappa shape index (κ3) is 5.92. The van der Waals surface area contributed by atoms with E-state index < -0.39 is 11.9 Å². The van der Waals surface area contributed by atoms with E-state index in [-0.39, 0.29) is 28.2 Å². The average Bonchev–Trinajstić information content (AvgIpc) is 2.37. The number of carbonyl (C=O) groups is 3. The van der Waals surface area contributed by atoms with Gasteiger partial charge in [-0.1, -0.05) is 45.2 Å². The molecule has 0 radical (unpaired) electrons. The number of ketones is 1. The van der Waals surface area contributed by atoms with Crippen LogP contribution in [0.5, 0.6) is 0 Å². The SMILES string of the molecule is O=C(CI)CC1CC(OC(=O)CI)CC(C(=O)O)C1. The van der Waals surface area contributed by atoms with Crippen LogP contribution in [0.4, 0.5) is 0 Å². The van der Waals surface area contributed by atoms with Crippen LogP contribution in [0.15, 0.2) is 0 Å². The van der Waals surface area contributed by atoms with Crippen LogP contribution in [-0.2, 0) is 19.1 Å². The van der Waals surface area contributed by atoms with E-state index in [0.717, 1.165) is 0 Å². The van der Waals surface area contributed by atoms with Gasteiger partial charge in [-0.2, -0.15) is 0 Å². The Hall–Kier alpha value is 0.0700. The van der Waals surface area contributed by atoms with Gasteiger partial charge in [0.15, 0.2) is 0 Å². The predicted molar refractivity (Wildman–Crippen MR) is 85.7 cm³/mol. The van der Waals surface area contributed by atoms with Crippen molar-refractivity contribution in [3.8, 4) is 0 Å². The smallest absolute Gasteiger partial charge is 0.316 e. The molecular weight excluding hydrogens is 478 g/mol. The summed E-state index contributed by atoms with van der Waals surface area (Å²) in [6.45, 7) is 0. The number of hydrogen-bond donors (Lipinski definition) is 1. The second-order valence-corrected chi connectivity index (χ2v) is 6.26. The van der Waals surface area contributed by atoms with E-state index in [2.05, 4.69) is 0 Å². The second kappa shape index (κ2) is 8.38. The molecule has 0 bridgehead atoms. The Morgan fingerprint density at radius 3 is 2.32 bits per heavy atom. The molecular formula is C12H16I2O5. The summed E-state index contributed by atoms with van der Waals surface area (Å²) >= 11 is 3.92. The zero-order chi connectivity index (χ0) is 14.4. The van der Waals surface area contributed by atoms with Gasteiger partial charge >= 0.3 is 11.9 Å². The van der Waals surface area contributed by atoms with Crippen LogP contribution in [0, 0.1) is 11.8 Å². The van der Waals surface area contributed by atoms with Gasteiger partial charge in [-0.3, -0.25) is 14.4 Å². The van der Waals surface area contributed by atoms with Gasteiger partial charge in [0.25, 0.3) is 0 Å². The van der Waals surface area contributed by atoms with Gasteiger partial charge in [-0.05, 0) is 25.2 Å². The van der Waals surface area contributed by atoms with Crippen molar-refractivity contribution in [2.24, 2.45) is 11.8 Å². The van der Waals surface area contributed by atoms with Crippen LogP contribution >= 0.6 is 45.2 Å². The van der Waals surface area contributed by atoms with Crippen molar-refractivity contribution in [1.29, 1.82) is 0 Å². The number of carboxylic acid groups (broad SMARTS) is 1. The van der Waals surface area contributed by atoms with Crippen molar-refractivity contribution in [2.75, 3.05) is 8.86 Å².